The lowest BCUT2D eigenvalue weighted by Crippen LogP contribution is -2.20. The molecule has 0 saturated heterocycles. The van der Waals surface area contributed by atoms with Gasteiger partial charge in [-0.25, -0.2) is 9.38 Å². The first-order valence-electron chi connectivity index (χ1n) is 6.92. The van der Waals surface area contributed by atoms with Crippen LogP contribution < -0.4 is 10.6 Å². The number of nitrogens with two attached hydrogens (primary N) is 1. The Balaban J connectivity index is 1.96. The van der Waals surface area contributed by atoms with Crippen LogP contribution in [0.25, 0.3) is 0 Å². The van der Waals surface area contributed by atoms with Crippen LogP contribution in [0.15, 0.2) is 72.1 Å². The zero-order valence-electron chi connectivity index (χ0n) is 12.3. The van der Waals surface area contributed by atoms with Crippen LogP contribution in [-0.2, 0) is 0 Å². The minimum atomic E-state index is -0.341. The quantitative estimate of drug-likeness (QED) is 0.850. The Bertz CT molecular complexity index is 806. The van der Waals surface area contributed by atoms with E-state index in [0.29, 0.717) is 22.8 Å². The first-order valence-corrected chi connectivity index (χ1v) is 6.92. The molecule has 22 heavy (non-hydrogen) atoms. The van der Waals surface area contributed by atoms with Gasteiger partial charge >= 0.3 is 0 Å². The number of hydrogen-bond acceptors (Lipinski definition) is 3. The summed E-state index contributed by atoms with van der Waals surface area (Å²) >= 11 is 0. The molecule has 0 bridgehead atoms. The summed E-state index contributed by atoms with van der Waals surface area (Å²) < 4.78 is 13.4. The Morgan fingerprint density at radius 2 is 1.95 bits per heavy atom. The second kappa shape index (κ2) is 5.48. The van der Waals surface area contributed by atoms with Crippen molar-refractivity contribution in [2.75, 3.05) is 10.6 Å². The van der Waals surface area contributed by atoms with E-state index in [9.17, 15) is 4.39 Å². The Kier molecular flexibility index (Phi) is 3.51. The van der Waals surface area contributed by atoms with E-state index in [-0.39, 0.29) is 5.82 Å². The van der Waals surface area contributed by atoms with Crippen LogP contribution in [0.2, 0.25) is 0 Å². The fourth-order valence-electron chi connectivity index (χ4n) is 2.41. The number of benzene rings is 2. The van der Waals surface area contributed by atoms with Gasteiger partial charge in [0.25, 0.3) is 0 Å². The number of allylic oxidation sites excluding steroid dienone is 1. The summed E-state index contributed by atoms with van der Waals surface area (Å²) in [5.41, 5.74) is 9.71. The number of aliphatic imine (C=N–C) groups is 1. The predicted octanol–water partition coefficient (Wildman–Crippen LogP) is 4.01. The van der Waals surface area contributed by atoms with E-state index in [1.54, 1.807) is 0 Å². The van der Waals surface area contributed by atoms with E-state index in [4.69, 9.17) is 5.73 Å². The van der Waals surface area contributed by atoms with Crippen molar-refractivity contribution in [2.45, 2.75) is 6.92 Å². The smallest absolute Gasteiger partial charge is 0.130 e. The average molecular weight is 293 g/mol. The second-order valence-corrected chi connectivity index (χ2v) is 5.12. The van der Waals surface area contributed by atoms with E-state index in [2.05, 4.69) is 11.6 Å². The van der Waals surface area contributed by atoms with Gasteiger partial charge in [0.2, 0.25) is 0 Å². The summed E-state index contributed by atoms with van der Waals surface area (Å²) in [6, 6.07) is 12.2. The third-order valence-electron chi connectivity index (χ3n) is 3.58. The molecule has 2 aromatic carbocycles. The van der Waals surface area contributed by atoms with Crippen LogP contribution in [-0.4, -0.2) is 5.71 Å². The molecule has 0 amide bonds. The fraction of sp³-hybridized carbons (Fsp3) is 0.0556. The normalized spacial score (nSPS) is 14.2. The van der Waals surface area contributed by atoms with Crippen LogP contribution >= 0.6 is 0 Å². The van der Waals surface area contributed by atoms with Gasteiger partial charge in [-0.15, -0.1) is 0 Å². The first kappa shape index (κ1) is 14.1. The minimum Gasteiger partial charge on any atom is -0.398 e. The first-order chi connectivity index (χ1) is 10.6. The van der Waals surface area contributed by atoms with Gasteiger partial charge in [-0.1, -0.05) is 24.8 Å². The monoisotopic (exact) mass is 293 g/mol. The largest absolute Gasteiger partial charge is 0.398 e. The molecule has 0 aromatic heterocycles. The standard InChI is InChI=1S/C18H16FN3/c1-12-5-3-4-6-18(12)22-10-9-17(21-13(22)2)15-11-14(19)7-8-16(15)20/h3-11H,2,20H2,1H3. The average Bonchev–Trinajstić information content (AvgIpc) is 2.50. The topological polar surface area (TPSA) is 41.6 Å². The fourth-order valence-corrected chi connectivity index (χ4v) is 2.41. The summed E-state index contributed by atoms with van der Waals surface area (Å²) in [6.45, 7) is 6.02. The summed E-state index contributed by atoms with van der Waals surface area (Å²) in [7, 11) is 0. The van der Waals surface area contributed by atoms with E-state index in [0.717, 1.165) is 11.3 Å². The van der Waals surface area contributed by atoms with Crippen molar-refractivity contribution in [3.8, 4) is 0 Å². The lowest BCUT2D eigenvalue weighted by atomic mass is 10.1. The molecule has 3 rings (SSSR count). The van der Waals surface area contributed by atoms with Gasteiger partial charge in [-0.3, -0.25) is 0 Å². The molecule has 4 heteroatoms. The van der Waals surface area contributed by atoms with Crippen LogP contribution in [0.5, 0.6) is 0 Å². The maximum Gasteiger partial charge on any atom is 0.130 e. The predicted molar refractivity (Wildman–Crippen MR) is 89.3 cm³/mol. The van der Waals surface area contributed by atoms with Gasteiger partial charge in [0.15, 0.2) is 0 Å². The zero-order chi connectivity index (χ0) is 15.7. The Morgan fingerprint density at radius 1 is 1.18 bits per heavy atom. The van der Waals surface area contributed by atoms with E-state index >= 15 is 0 Å². The Labute approximate surface area is 128 Å². The zero-order valence-corrected chi connectivity index (χ0v) is 12.3. The molecule has 0 unspecified atom stereocenters. The lowest BCUT2D eigenvalue weighted by Gasteiger charge is -2.25. The van der Waals surface area contributed by atoms with Gasteiger partial charge in [0.1, 0.15) is 11.6 Å². The summed E-state index contributed by atoms with van der Waals surface area (Å²) in [4.78, 5) is 6.37. The van der Waals surface area contributed by atoms with Crippen molar-refractivity contribution >= 4 is 17.1 Å². The van der Waals surface area contributed by atoms with Crippen LogP contribution in [0.3, 0.4) is 0 Å². The van der Waals surface area contributed by atoms with Gasteiger partial charge < -0.3 is 10.6 Å². The molecular formula is C18H16FN3. The van der Waals surface area contributed by atoms with E-state index in [1.807, 2.05) is 48.4 Å². The molecule has 1 heterocycles. The molecule has 3 nitrogen and oxygen atoms in total. The number of nitrogen functional groups attached to an aromatic ring is 1. The molecule has 0 fully saturated rings. The van der Waals surface area contributed by atoms with Crippen molar-refractivity contribution in [1.82, 2.24) is 0 Å². The summed E-state index contributed by atoms with van der Waals surface area (Å²) in [5.74, 6) is 0.225. The van der Waals surface area contributed by atoms with Crippen LogP contribution in [0.4, 0.5) is 15.8 Å². The van der Waals surface area contributed by atoms with E-state index in [1.165, 1.54) is 18.2 Å². The molecule has 110 valence electrons. The highest BCUT2D eigenvalue weighted by atomic mass is 19.1. The molecule has 0 aliphatic carbocycles. The third-order valence-corrected chi connectivity index (χ3v) is 3.58. The summed E-state index contributed by atoms with van der Waals surface area (Å²) in [6.07, 6.45) is 3.68. The van der Waals surface area contributed by atoms with Crippen LogP contribution in [0.1, 0.15) is 11.1 Å². The van der Waals surface area contributed by atoms with Gasteiger partial charge in [0, 0.05) is 23.1 Å². The number of rotatable bonds is 2. The molecule has 2 N–H and O–H groups in total. The van der Waals surface area contributed by atoms with Crippen molar-refractivity contribution < 1.29 is 4.39 Å². The SMILES string of the molecule is C=C1N=C(c2cc(F)ccc2N)C=CN1c1ccccc1C. The summed E-state index contributed by atoms with van der Waals surface area (Å²) in [5, 5.41) is 0. The second-order valence-electron chi connectivity index (χ2n) is 5.12. The number of hydrogen-bond donors (Lipinski definition) is 1. The Hall–Kier alpha value is -2.88. The van der Waals surface area contributed by atoms with Crippen molar-refractivity contribution in [3.05, 3.63) is 84.1 Å². The number of nitrogens with zero attached hydrogens (tertiary/aromatic N) is 2. The highest BCUT2D eigenvalue weighted by molar-refractivity contribution is 6.13. The molecule has 1 aliphatic heterocycles. The third kappa shape index (κ3) is 2.51. The Morgan fingerprint density at radius 3 is 2.68 bits per heavy atom. The van der Waals surface area contributed by atoms with E-state index < -0.39 is 0 Å². The van der Waals surface area contributed by atoms with Crippen molar-refractivity contribution in [2.24, 2.45) is 4.99 Å². The highest BCUT2D eigenvalue weighted by Gasteiger charge is 2.16. The number of halogens is 1. The molecule has 0 radical (unpaired) electrons. The number of anilines is 2. The van der Waals surface area contributed by atoms with Gasteiger partial charge in [0.05, 0.1) is 5.71 Å². The van der Waals surface area contributed by atoms with Crippen LogP contribution in [0, 0.1) is 12.7 Å². The minimum absolute atomic E-state index is 0.341. The number of para-hydroxylation sites is 1. The highest BCUT2D eigenvalue weighted by Crippen LogP contribution is 2.27. The molecule has 2 aromatic rings. The molecular weight excluding hydrogens is 277 g/mol. The molecule has 0 atom stereocenters. The van der Waals surface area contributed by atoms with Gasteiger partial charge in [-0.2, -0.15) is 0 Å². The maximum atomic E-state index is 13.4. The maximum absolute atomic E-state index is 13.4. The van der Waals surface area contributed by atoms with Crippen molar-refractivity contribution in [1.29, 1.82) is 0 Å². The molecule has 0 saturated carbocycles. The molecule has 0 spiro atoms. The van der Waals surface area contributed by atoms with Crippen molar-refractivity contribution in [3.63, 3.8) is 0 Å². The lowest BCUT2D eigenvalue weighted by molar-refractivity contribution is 0.628. The number of aryl methyl sites for hydroxylation is 1. The molecule has 1 aliphatic rings. The van der Waals surface area contributed by atoms with Gasteiger partial charge in [-0.05, 0) is 42.8 Å².